The Hall–Kier alpha value is -0.360. The molecule has 0 aromatic carbocycles. The van der Waals surface area contributed by atoms with Crippen LogP contribution in [0.15, 0.2) is 21.2 Å². The largest absolute Gasteiger partial charge is 0.453 e. The van der Waals surface area contributed by atoms with E-state index < -0.39 is 0 Å². The van der Waals surface area contributed by atoms with Crippen LogP contribution >= 0.6 is 15.9 Å². The number of rotatable bonds is 3. The lowest BCUT2D eigenvalue weighted by atomic mass is 10.1. The van der Waals surface area contributed by atoms with E-state index in [1.54, 1.807) is 0 Å². The molecule has 2 unspecified atom stereocenters. The number of hydrogen-bond acceptors (Lipinski definition) is 4. The van der Waals surface area contributed by atoms with E-state index in [4.69, 9.17) is 14.9 Å². The zero-order chi connectivity index (χ0) is 11.5. The Balaban J connectivity index is 1.90. The van der Waals surface area contributed by atoms with Crippen LogP contribution < -0.4 is 5.73 Å². The van der Waals surface area contributed by atoms with Gasteiger partial charge in [-0.25, -0.2) is 0 Å². The smallest absolute Gasteiger partial charge is 0.169 e. The summed E-state index contributed by atoms with van der Waals surface area (Å²) in [7, 11) is 0. The number of morpholine rings is 1. The van der Waals surface area contributed by atoms with Crippen LogP contribution in [0.3, 0.4) is 0 Å². The molecule has 0 bridgehead atoms. The van der Waals surface area contributed by atoms with Crippen LogP contribution in [0.4, 0.5) is 0 Å². The first-order valence-corrected chi connectivity index (χ1v) is 6.28. The van der Waals surface area contributed by atoms with Crippen molar-refractivity contribution in [1.82, 2.24) is 4.90 Å². The van der Waals surface area contributed by atoms with Crippen molar-refractivity contribution in [3.05, 3.63) is 22.6 Å². The first kappa shape index (κ1) is 12.1. The highest BCUT2D eigenvalue weighted by Crippen LogP contribution is 2.17. The molecule has 1 aliphatic heterocycles. The molecule has 4 nitrogen and oxygen atoms in total. The Morgan fingerprint density at radius 3 is 3.06 bits per heavy atom. The molecule has 0 radical (unpaired) electrons. The molecule has 0 amide bonds. The maximum atomic E-state index is 5.84. The summed E-state index contributed by atoms with van der Waals surface area (Å²) in [6, 6.07) is 3.98. The zero-order valence-corrected chi connectivity index (χ0v) is 10.9. The molecule has 2 rings (SSSR count). The molecule has 2 heterocycles. The third-order valence-electron chi connectivity index (χ3n) is 2.77. The van der Waals surface area contributed by atoms with Crippen LogP contribution in [0.2, 0.25) is 0 Å². The SMILES string of the molecule is CC(N)C1CN(Cc2ccc(Br)o2)CCO1. The highest BCUT2D eigenvalue weighted by molar-refractivity contribution is 9.10. The molecule has 2 N–H and O–H groups in total. The normalized spacial score (nSPS) is 24.6. The number of nitrogens with two attached hydrogens (primary N) is 1. The van der Waals surface area contributed by atoms with Crippen LogP contribution in [-0.4, -0.2) is 36.7 Å². The van der Waals surface area contributed by atoms with Gasteiger partial charge in [0, 0.05) is 19.1 Å². The van der Waals surface area contributed by atoms with Gasteiger partial charge >= 0.3 is 0 Å². The Labute approximate surface area is 104 Å². The second-order valence-corrected chi connectivity index (χ2v) is 4.99. The van der Waals surface area contributed by atoms with Gasteiger partial charge in [-0.3, -0.25) is 4.90 Å². The van der Waals surface area contributed by atoms with Crippen molar-refractivity contribution in [1.29, 1.82) is 0 Å². The van der Waals surface area contributed by atoms with E-state index in [0.717, 1.165) is 36.7 Å². The number of hydrogen-bond donors (Lipinski definition) is 1. The number of ether oxygens (including phenoxy) is 1. The van der Waals surface area contributed by atoms with Crippen molar-refractivity contribution in [2.75, 3.05) is 19.7 Å². The highest BCUT2D eigenvalue weighted by atomic mass is 79.9. The quantitative estimate of drug-likeness (QED) is 0.918. The molecule has 5 heteroatoms. The lowest BCUT2D eigenvalue weighted by Crippen LogP contribution is -2.49. The highest BCUT2D eigenvalue weighted by Gasteiger charge is 2.23. The van der Waals surface area contributed by atoms with E-state index in [1.165, 1.54) is 0 Å². The number of furan rings is 1. The zero-order valence-electron chi connectivity index (χ0n) is 9.36. The lowest BCUT2D eigenvalue weighted by molar-refractivity contribution is -0.0420. The molecular formula is C11H17BrN2O2. The summed E-state index contributed by atoms with van der Waals surface area (Å²) in [5.74, 6) is 0.970. The predicted octanol–water partition coefficient (Wildman–Crippen LogP) is 1.59. The van der Waals surface area contributed by atoms with Crippen molar-refractivity contribution < 1.29 is 9.15 Å². The van der Waals surface area contributed by atoms with Gasteiger partial charge in [-0.2, -0.15) is 0 Å². The Morgan fingerprint density at radius 1 is 1.62 bits per heavy atom. The monoisotopic (exact) mass is 288 g/mol. The molecule has 1 saturated heterocycles. The van der Waals surface area contributed by atoms with E-state index in [1.807, 2.05) is 19.1 Å². The maximum absolute atomic E-state index is 5.84. The summed E-state index contributed by atoms with van der Waals surface area (Å²) in [6.07, 6.45) is 0.132. The third-order valence-corrected chi connectivity index (χ3v) is 3.20. The minimum absolute atomic E-state index is 0.0751. The average Bonchev–Trinajstić information content (AvgIpc) is 2.64. The van der Waals surface area contributed by atoms with Crippen LogP contribution in [-0.2, 0) is 11.3 Å². The van der Waals surface area contributed by atoms with Gasteiger partial charge in [0.1, 0.15) is 5.76 Å². The topological polar surface area (TPSA) is 51.6 Å². The summed E-state index contributed by atoms with van der Waals surface area (Å²) < 4.78 is 11.9. The molecule has 1 aromatic rings. The molecule has 0 spiro atoms. The van der Waals surface area contributed by atoms with Gasteiger partial charge in [0.2, 0.25) is 0 Å². The minimum Gasteiger partial charge on any atom is -0.453 e. The molecule has 0 aliphatic carbocycles. The van der Waals surface area contributed by atoms with Crippen molar-refractivity contribution in [3.8, 4) is 0 Å². The first-order valence-electron chi connectivity index (χ1n) is 5.49. The predicted molar refractivity (Wildman–Crippen MR) is 65.1 cm³/mol. The van der Waals surface area contributed by atoms with Crippen LogP contribution in [0, 0.1) is 0 Å². The average molecular weight is 289 g/mol. The fraction of sp³-hybridized carbons (Fsp3) is 0.636. The van der Waals surface area contributed by atoms with Crippen LogP contribution in [0.5, 0.6) is 0 Å². The van der Waals surface area contributed by atoms with E-state index in [-0.39, 0.29) is 12.1 Å². The maximum Gasteiger partial charge on any atom is 0.169 e. The van der Waals surface area contributed by atoms with Gasteiger partial charge in [0.25, 0.3) is 0 Å². The summed E-state index contributed by atoms with van der Waals surface area (Å²) in [5, 5.41) is 0. The molecule has 2 atom stereocenters. The van der Waals surface area contributed by atoms with Crippen LogP contribution in [0.25, 0.3) is 0 Å². The van der Waals surface area contributed by atoms with E-state index in [0.29, 0.717) is 0 Å². The van der Waals surface area contributed by atoms with Crippen molar-refractivity contribution in [3.63, 3.8) is 0 Å². The van der Waals surface area contributed by atoms with Gasteiger partial charge in [-0.05, 0) is 35.0 Å². The molecule has 16 heavy (non-hydrogen) atoms. The van der Waals surface area contributed by atoms with E-state index in [2.05, 4.69) is 20.8 Å². The van der Waals surface area contributed by atoms with Crippen molar-refractivity contribution in [2.24, 2.45) is 5.73 Å². The third kappa shape index (κ3) is 3.07. The van der Waals surface area contributed by atoms with E-state index in [9.17, 15) is 0 Å². The minimum atomic E-state index is 0.0751. The molecule has 1 aliphatic rings. The summed E-state index contributed by atoms with van der Waals surface area (Å²) >= 11 is 3.30. The van der Waals surface area contributed by atoms with Gasteiger partial charge in [-0.15, -0.1) is 0 Å². The number of halogens is 1. The van der Waals surface area contributed by atoms with Gasteiger partial charge in [0.15, 0.2) is 4.67 Å². The molecule has 1 aromatic heterocycles. The fourth-order valence-electron chi connectivity index (χ4n) is 1.85. The van der Waals surface area contributed by atoms with Gasteiger partial charge in [0.05, 0.1) is 19.3 Å². The summed E-state index contributed by atoms with van der Waals surface area (Å²) in [5.41, 5.74) is 5.84. The summed E-state index contributed by atoms with van der Waals surface area (Å²) in [6.45, 7) is 5.35. The molecule has 0 saturated carbocycles. The van der Waals surface area contributed by atoms with Gasteiger partial charge in [-0.1, -0.05) is 0 Å². The van der Waals surface area contributed by atoms with Crippen molar-refractivity contribution >= 4 is 15.9 Å². The fourth-order valence-corrected chi connectivity index (χ4v) is 2.19. The van der Waals surface area contributed by atoms with Crippen molar-refractivity contribution in [2.45, 2.75) is 25.6 Å². The Kier molecular flexibility index (Phi) is 4.02. The second-order valence-electron chi connectivity index (χ2n) is 4.21. The lowest BCUT2D eigenvalue weighted by Gasteiger charge is -2.34. The van der Waals surface area contributed by atoms with Gasteiger partial charge < -0.3 is 14.9 Å². The Morgan fingerprint density at radius 2 is 2.44 bits per heavy atom. The standard InChI is InChI=1S/C11H17BrN2O2/c1-8(13)10-7-14(4-5-15-10)6-9-2-3-11(12)16-9/h2-3,8,10H,4-7,13H2,1H3. The molecule has 90 valence electrons. The first-order chi connectivity index (χ1) is 7.65. The number of nitrogens with zero attached hydrogens (tertiary/aromatic N) is 1. The Bertz CT molecular complexity index is 340. The van der Waals surface area contributed by atoms with Crippen LogP contribution in [0.1, 0.15) is 12.7 Å². The summed E-state index contributed by atoms with van der Waals surface area (Å²) in [4.78, 5) is 2.31. The molecular weight excluding hydrogens is 272 g/mol. The van der Waals surface area contributed by atoms with E-state index >= 15 is 0 Å². The molecule has 1 fully saturated rings. The second kappa shape index (κ2) is 5.31.